The van der Waals surface area contributed by atoms with Gasteiger partial charge in [0.15, 0.2) is 11.5 Å². The summed E-state index contributed by atoms with van der Waals surface area (Å²) in [6, 6.07) is 8.15. The lowest BCUT2D eigenvalue weighted by atomic mass is 10.3. The maximum Gasteiger partial charge on any atom is 0.241 e. The van der Waals surface area contributed by atoms with Gasteiger partial charge in [0.25, 0.3) is 0 Å². The van der Waals surface area contributed by atoms with Crippen LogP contribution in [0.2, 0.25) is 0 Å². The largest absolute Gasteiger partial charge is 0.454 e. The van der Waals surface area contributed by atoms with Crippen molar-refractivity contribution in [3.63, 3.8) is 0 Å². The van der Waals surface area contributed by atoms with E-state index in [1.54, 1.807) is 12.3 Å². The number of H-pyrrole nitrogens is 1. The average molecular weight is 280 g/mol. The van der Waals surface area contributed by atoms with E-state index in [4.69, 9.17) is 9.47 Å². The van der Waals surface area contributed by atoms with Crippen LogP contribution in [0.4, 0.5) is 0 Å². The maximum absolute atomic E-state index is 12.1. The van der Waals surface area contributed by atoms with Crippen LogP contribution in [-0.2, 0) is 16.6 Å². The smallest absolute Gasteiger partial charge is 0.241 e. The zero-order valence-electron chi connectivity index (χ0n) is 9.92. The molecule has 1 aromatic heterocycles. The quantitative estimate of drug-likeness (QED) is 0.882. The Kier molecular flexibility index (Phi) is 2.92. The number of hydrogen-bond acceptors (Lipinski definition) is 4. The second kappa shape index (κ2) is 4.60. The van der Waals surface area contributed by atoms with E-state index in [1.165, 1.54) is 12.1 Å². The number of hydrogen-bond donors (Lipinski definition) is 2. The molecule has 2 aromatic rings. The Morgan fingerprint density at radius 1 is 1.21 bits per heavy atom. The Morgan fingerprint density at radius 3 is 2.84 bits per heavy atom. The molecule has 2 heterocycles. The minimum Gasteiger partial charge on any atom is -0.454 e. The highest BCUT2D eigenvalue weighted by molar-refractivity contribution is 7.89. The van der Waals surface area contributed by atoms with E-state index in [-0.39, 0.29) is 18.2 Å². The first-order valence-electron chi connectivity index (χ1n) is 5.67. The Bertz CT molecular complexity index is 680. The molecule has 0 saturated carbocycles. The number of aromatic nitrogens is 1. The number of sulfonamides is 1. The Balaban J connectivity index is 1.80. The predicted molar refractivity (Wildman–Crippen MR) is 67.4 cm³/mol. The van der Waals surface area contributed by atoms with Crippen LogP contribution >= 0.6 is 0 Å². The summed E-state index contributed by atoms with van der Waals surface area (Å²) in [5.41, 5.74) is 0.796. The predicted octanol–water partition coefficient (Wildman–Crippen LogP) is 1.22. The van der Waals surface area contributed by atoms with Crippen molar-refractivity contribution in [2.24, 2.45) is 0 Å². The van der Waals surface area contributed by atoms with Gasteiger partial charge in [-0.25, -0.2) is 13.1 Å². The molecule has 2 N–H and O–H groups in total. The third-order valence-electron chi connectivity index (χ3n) is 2.77. The first-order chi connectivity index (χ1) is 9.15. The maximum atomic E-state index is 12.1. The third kappa shape index (κ3) is 2.42. The lowest BCUT2D eigenvalue weighted by molar-refractivity contribution is 0.174. The van der Waals surface area contributed by atoms with E-state index in [0.717, 1.165) is 5.69 Å². The highest BCUT2D eigenvalue weighted by Gasteiger charge is 2.20. The van der Waals surface area contributed by atoms with Gasteiger partial charge in [-0.2, -0.15) is 0 Å². The lowest BCUT2D eigenvalue weighted by Gasteiger charge is -2.06. The van der Waals surface area contributed by atoms with Crippen molar-refractivity contribution in [1.29, 1.82) is 0 Å². The monoisotopic (exact) mass is 280 g/mol. The van der Waals surface area contributed by atoms with Crippen LogP contribution in [0.15, 0.2) is 41.4 Å². The van der Waals surface area contributed by atoms with Crippen molar-refractivity contribution in [3.8, 4) is 11.5 Å². The van der Waals surface area contributed by atoms with Gasteiger partial charge in [-0.15, -0.1) is 0 Å². The average Bonchev–Trinajstić information content (AvgIpc) is 3.06. The molecule has 19 heavy (non-hydrogen) atoms. The van der Waals surface area contributed by atoms with Crippen LogP contribution in [0.1, 0.15) is 5.69 Å². The van der Waals surface area contributed by atoms with Crippen LogP contribution < -0.4 is 14.2 Å². The van der Waals surface area contributed by atoms with Gasteiger partial charge in [0, 0.05) is 18.0 Å². The zero-order valence-corrected chi connectivity index (χ0v) is 10.7. The molecule has 0 amide bonds. The molecule has 0 fully saturated rings. The standard InChI is InChI=1S/C12H12N2O4S/c15-19(16,14-7-9-2-1-5-13-9)10-3-4-11-12(6-10)18-8-17-11/h1-6,13-14H,7-8H2. The molecule has 1 aliphatic rings. The molecule has 0 radical (unpaired) electrons. The summed E-state index contributed by atoms with van der Waals surface area (Å²) in [4.78, 5) is 3.09. The van der Waals surface area contributed by atoms with Gasteiger partial charge in [0.2, 0.25) is 16.8 Å². The topological polar surface area (TPSA) is 80.4 Å². The number of ether oxygens (including phenoxy) is 2. The van der Waals surface area contributed by atoms with Crippen LogP contribution in [0.3, 0.4) is 0 Å². The summed E-state index contributed by atoms with van der Waals surface area (Å²) < 4.78 is 37.0. The van der Waals surface area contributed by atoms with E-state index in [0.29, 0.717) is 11.5 Å². The Morgan fingerprint density at radius 2 is 2.05 bits per heavy atom. The van der Waals surface area contributed by atoms with Crippen LogP contribution in [-0.4, -0.2) is 20.2 Å². The highest BCUT2D eigenvalue weighted by Crippen LogP contribution is 2.33. The fourth-order valence-electron chi connectivity index (χ4n) is 1.78. The van der Waals surface area contributed by atoms with Crippen molar-refractivity contribution >= 4 is 10.0 Å². The normalized spacial score (nSPS) is 13.7. The SMILES string of the molecule is O=S(=O)(NCc1ccc[nH]1)c1ccc2c(c1)OCO2. The van der Waals surface area contributed by atoms with Crippen molar-refractivity contribution in [3.05, 3.63) is 42.2 Å². The fraction of sp³-hybridized carbons (Fsp3) is 0.167. The fourth-order valence-corrected chi connectivity index (χ4v) is 2.80. The van der Waals surface area contributed by atoms with Gasteiger partial charge >= 0.3 is 0 Å². The summed E-state index contributed by atoms with van der Waals surface area (Å²) in [7, 11) is -3.56. The summed E-state index contributed by atoms with van der Waals surface area (Å²) in [5.74, 6) is 1.01. The molecule has 0 spiro atoms. The summed E-state index contributed by atoms with van der Waals surface area (Å²) in [6.07, 6.45) is 1.74. The van der Waals surface area contributed by atoms with Gasteiger partial charge in [0.1, 0.15) is 0 Å². The molecule has 0 atom stereocenters. The van der Waals surface area contributed by atoms with E-state index < -0.39 is 10.0 Å². The van der Waals surface area contributed by atoms with Gasteiger partial charge in [0.05, 0.1) is 11.4 Å². The minimum absolute atomic E-state index is 0.120. The van der Waals surface area contributed by atoms with Gasteiger partial charge in [-0.1, -0.05) is 0 Å². The first kappa shape index (κ1) is 12.1. The molecule has 1 aliphatic heterocycles. The minimum atomic E-state index is -3.56. The van der Waals surface area contributed by atoms with Crippen LogP contribution in [0.5, 0.6) is 11.5 Å². The van der Waals surface area contributed by atoms with E-state index in [1.807, 2.05) is 12.1 Å². The van der Waals surface area contributed by atoms with Crippen molar-refractivity contribution < 1.29 is 17.9 Å². The van der Waals surface area contributed by atoms with Crippen molar-refractivity contribution in [2.75, 3.05) is 6.79 Å². The van der Waals surface area contributed by atoms with E-state index >= 15 is 0 Å². The van der Waals surface area contributed by atoms with Gasteiger partial charge in [-0.3, -0.25) is 0 Å². The highest BCUT2D eigenvalue weighted by atomic mass is 32.2. The molecule has 0 aliphatic carbocycles. The molecular formula is C12H12N2O4S. The van der Waals surface area contributed by atoms with Gasteiger partial charge in [-0.05, 0) is 24.3 Å². The Labute approximate surface area is 110 Å². The summed E-state index contributed by atoms with van der Waals surface area (Å²) in [6.45, 7) is 0.332. The molecule has 7 heteroatoms. The summed E-state index contributed by atoms with van der Waals surface area (Å²) in [5, 5.41) is 0. The van der Waals surface area contributed by atoms with Crippen molar-refractivity contribution in [2.45, 2.75) is 11.4 Å². The zero-order chi connectivity index (χ0) is 13.3. The summed E-state index contributed by atoms with van der Waals surface area (Å²) >= 11 is 0. The number of rotatable bonds is 4. The number of fused-ring (bicyclic) bond motifs is 1. The van der Waals surface area contributed by atoms with Crippen LogP contribution in [0, 0.1) is 0 Å². The van der Waals surface area contributed by atoms with Crippen LogP contribution in [0.25, 0.3) is 0 Å². The molecule has 0 unspecified atom stereocenters. The number of nitrogens with one attached hydrogen (secondary N) is 2. The lowest BCUT2D eigenvalue weighted by Crippen LogP contribution is -2.23. The molecule has 1 aromatic carbocycles. The second-order valence-corrected chi connectivity index (χ2v) is 5.80. The molecule has 6 nitrogen and oxygen atoms in total. The van der Waals surface area contributed by atoms with E-state index in [9.17, 15) is 8.42 Å². The second-order valence-electron chi connectivity index (χ2n) is 4.03. The van der Waals surface area contributed by atoms with Crippen molar-refractivity contribution in [1.82, 2.24) is 9.71 Å². The molecule has 100 valence electrons. The number of aromatic amines is 1. The Hall–Kier alpha value is -1.99. The molecule has 0 bridgehead atoms. The molecular weight excluding hydrogens is 268 g/mol. The first-order valence-corrected chi connectivity index (χ1v) is 7.15. The third-order valence-corrected chi connectivity index (χ3v) is 4.17. The molecule has 0 saturated heterocycles. The van der Waals surface area contributed by atoms with E-state index in [2.05, 4.69) is 9.71 Å². The van der Waals surface area contributed by atoms with Gasteiger partial charge < -0.3 is 14.5 Å². The molecule has 3 rings (SSSR count). The number of benzene rings is 1.